The van der Waals surface area contributed by atoms with Crippen molar-refractivity contribution in [2.45, 2.75) is 37.8 Å². The fourth-order valence-corrected chi connectivity index (χ4v) is 3.25. The second-order valence-corrected chi connectivity index (χ2v) is 6.53. The van der Waals surface area contributed by atoms with Crippen molar-refractivity contribution < 1.29 is 4.74 Å². The van der Waals surface area contributed by atoms with Gasteiger partial charge in [0.1, 0.15) is 18.0 Å². The lowest BCUT2D eigenvalue weighted by Gasteiger charge is -2.36. The van der Waals surface area contributed by atoms with E-state index in [0.717, 1.165) is 50.8 Å². The van der Waals surface area contributed by atoms with Gasteiger partial charge in [-0.2, -0.15) is 0 Å². The number of piperidine rings is 1. The minimum absolute atomic E-state index is 0.368. The predicted octanol–water partition coefficient (Wildman–Crippen LogP) is 1.60. The molecule has 1 aromatic rings. The zero-order chi connectivity index (χ0) is 15.4. The molecule has 3 rings (SSSR count). The van der Waals surface area contributed by atoms with Crippen molar-refractivity contribution in [1.82, 2.24) is 14.9 Å². The van der Waals surface area contributed by atoms with Gasteiger partial charge >= 0.3 is 0 Å². The van der Waals surface area contributed by atoms with Gasteiger partial charge < -0.3 is 19.9 Å². The summed E-state index contributed by atoms with van der Waals surface area (Å²) in [5.74, 6) is 1.94. The summed E-state index contributed by atoms with van der Waals surface area (Å²) in [5.41, 5.74) is 0. The average molecular weight is 305 g/mol. The first-order chi connectivity index (χ1) is 10.7. The van der Waals surface area contributed by atoms with Crippen molar-refractivity contribution in [2.24, 2.45) is 0 Å². The SMILES string of the molecule is CN(C)[C@H]1CCCN(c2cc(N[C@H]3CCCOC3)ncn2)C1. The summed E-state index contributed by atoms with van der Waals surface area (Å²) in [6.45, 7) is 3.77. The molecule has 0 amide bonds. The molecule has 1 aromatic heterocycles. The maximum absolute atomic E-state index is 5.52. The first-order valence-electron chi connectivity index (χ1n) is 8.30. The lowest BCUT2D eigenvalue weighted by Crippen LogP contribution is -2.45. The third kappa shape index (κ3) is 3.87. The Labute approximate surface area is 132 Å². The molecule has 0 aliphatic carbocycles. The average Bonchev–Trinajstić information content (AvgIpc) is 2.56. The fraction of sp³-hybridized carbons (Fsp3) is 0.750. The van der Waals surface area contributed by atoms with E-state index in [1.807, 2.05) is 0 Å². The van der Waals surface area contributed by atoms with Crippen LogP contribution < -0.4 is 10.2 Å². The number of nitrogens with one attached hydrogen (secondary N) is 1. The molecule has 122 valence electrons. The van der Waals surface area contributed by atoms with E-state index in [1.165, 1.54) is 12.8 Å². The highest BCUT2D eigenvalue weighted by Gasteiger charge is 2.23. The highest BCUT2D eigenvalue weighted by Crippen LogP contribution is 2.22. The van der Waals surface area contributed by atoms with Crippen molar-refractivity contribution in [3.63, 3.8) is 0 Å². The Bertz CT molecular complexity index is 475. The fourth-order valence-electron chi connectivity index (χ4n) is 3.25. The number of likely N-dealkylation sites (N-methyl/N-ethyl adjacent to an activating group) is 1. The topological polar surface area (TPSA) is 53.5 Å². The first-order valence-corrected chi connectivity index (χ1v) is 8.30. The van der Waals surface area contributed by atoms with Gasteiger partial charge in [-0.15, -0.1) is 0 Å². The summed E-state index contributed by atoms with van der Waals surface area (Å²) >= 11 is 0. The second kappa shape index (κ2) is 7.24. The van der Waals surface area contributed by atoms with Gasteiger partial charge in [-0.1, -0.05) is 0 Å². The zero-order valence-electron chi connectivity index (χ0n) is 13.7. The van der Waals surface area contributed by atoms with Crippen LogP contribution in [0.2, 0.25) is 0 Å². The third-order valence-corrected chi connectivity index (χ3v) is 4.62. The Kier molecular flexibility index (Phi) is 5.10. The van der Waals surface area contributed by atoms with Gasteiger partial charge in [0.2, 0.25) is 0 Å². The summed E-state index contributed by atoms with van der Waals surface area (Å²) < 4.78 is 5.52. The van der Waals surface area contributed by atoms with E-state index in [0.29, 0.717) is 12.1 Å². The lowest BCUT2D eigenvalue weighted by atomic mass is 10.1. The number of nitrogens with zero attached hydrogens (tertiary/aromatic N) is 4. The van der Waals surface area contributed by atoms with Crippen LogP contribution >= 0.6 is 0 Å². The second-order valence-electron chi connectivity index (χ2n) is 6.53. The number of anilines is 2. The van der Waals surface area contributed by atoms with Crippen molar-refractivity contribution in [1.29, 1.82) is 0 Å². The Balaban J connectivity index is 1.65. The Hall–Kier alpha value is -1.40. The van der Waals surface area contributed by atoms with Crippen LogP contribution in [0.1, 0.15) is 25.7 Å². The molecule has 3 heterocycles. The molecule has 6 nitrogen and oxygen atoms in total. The third-order valence-electron chi connectivity index (χ3n) is 4.62. The molecule has 2 atom stereocenters. The Morgan fingerprint density at radius 3 is 2.95 bits per heavy atom. The van der Waals surface area contributed by atoms with Crippen LogP contribution in [0.25, 0.3) is 0 Å². The molecule has 2 aliphatic heterocycles. The number of hydrogen-bond acceptors (Lipinski definition) is 6. The maximum atomic E-state index is 5.52. The molecule has 6 heteroatoms. The molecule has 1 N–H and O–H groups in total. The van der Waals surface area contributed by atoms with Gasteiger partial charge in [0.25, 0.3) is 0 Å². The van der Waals surface area contributed by atoms with E-state index in [-0.39, 0.29) is 0 Å². The van der Waals surface area contributed by atoms with E-state index in [2.05, 4.69) is 45.2 Å². The molecule has 0 aromatic carbocycles. The predicted molar refractivity (Wildman–Crippen MR) is 88.4 cm³/mol. The quantitative estimate of drug-likeness (QED) is 0.912. The lowest BCUT2D eigenvalue weighted by molar-refractivity contribution is 0.0875. The van der Waals surface area contributed by atoms with Crippen LogP contribution in [0.15, 0.2) is 12.4 Å². The zero-order valence-corrected chi connectivity index (χ0v) is 13.7. The highest BCUT2D eigenvalue weighted by atomic mass is 16.5. The van der Waals surface area contributed by atoms with Crippen LogP contribution in [0.4, 0.5) is 11.6 Å². The molecular formula is C16H27N5O. The van der Waals surface area contributed by atoms with Crippen molar-refractivity contribution >= 4 is 11.6 Å². The number of aromatic nitrogens is 2. The molecule has 0 bridgehead atoms. The smallest absolute Gasteiger partial charge is 0.134 e. The van der Waals surface area contributed by atoms with Gasteiger partial charge in [-0.25, -0.2) is 9.97 Å². The standard InChI is InChI=1S/C16H27N5O/c1-20(2)14-6-3-7-21(10-14)16-9-15(17-12-18-16)19-13-5-4-8-22-11-13/h9,12-14H,3-8,10-11H2,1-2H3,(H,17,18,19)/t13-,14-/m0/s1. The van der Waals surface area contributed by atoms with Crippen molar-refractivity contribution in [3.05, 3.63) is 12.4 Å². The van der Waals surface area contributed by atoms with E-state index < -0.39 is 0 Å². The van der Waals surface area contributed by atoms with Gasteiger partial charge in [-0.05, 0) is 39.8 Å². The van der Waals surface area contributed by atoms with Crippen molar-refractivity contribution in [2.75, 3.05) is 50.6 Å². The van der Waals surface area contributed by atoms with Crippen LogP contribution in [0, 0.1) is 0 Å². The van der Waals surface area contributed by atoms with Crippen molar-refractivity contribution in [3.8, 4) is 0 Å². The van der Waals surface area contributed by atoms with E-state index >= 15 is 0 Å². The maximum Gasteiger partial charge on any atom is 0.134 e. The normalized spacial score (nSPS) is 26.2. The van der Waals surface area contributed by atoms with Crippen LogP contribution in [0.3, 0.4) is 0 Å². The van der Waals surface area contributed by atoms with Gasteiger partial charge in [0.15, 0.2) is 0 Å². The van der Waals surface area contributed by atoms with Gasteiger partial charge in [-0.3, -0.25) is 0 Å². The number of rotatable bonds is 4. The van der Waals surface area contributed by atoms with Crippen LogP contribution in [0.5, 0.6) is 0 Å². The molecule has 22 heavy (non-hydrogen) atoms. The first kappa shape index (κ1) is 15.5. The minimum Gasteiger partial charge on any atom is -0.379 e. The largest absolute Gasteiger partial charge is 0.379 e. The van der Waals surface area contributed by atoms with Crippen LogP contribution in [-0.4, -0.2) is 67.4 Å². The molecule has 0 radical (unpaired) electrons. The number of ether oxygens (including phenoxy) is 1. The molecular weight excluding hydrogens is 278 g/mol. The van der Waals surface area contributed by atoms with E-state index in [4.69, 9.17) is 4.74 Å². The summed E-state index contributed by atoms with van der Waals surface area (Å²) in [6, 6.07) is 3.05. The summed E-state index contributed by atoms with van der Waals surface area (Å²) in [5, 5.41) is 3.48. The van der Waals surface area contributed by atoms with Gasteiger partial charge in [0, 0.05) is 31.8 Å². The van der Waals surface area contributed by atoms with E-state index in [9.17, 15) is 0 Å². The molecule has 0 saturated carbocycles. The Morgan fingerprint density at radius 2 is 2.18 bits per heavy atom. The molecule has 0 spiro atoms. The Morgan fingerprint density at radius 1 is 1.27 bits per heavy atom. The minimum atomic E-state index is 0.368. The summed E-state index contributed by atoms with van der Waals surface area (Å²) in [4.78, 5) is 13.5. The van der Waals surface area contributed by atoms with E-state index in [1.54, 1.807) is 6.33 Å². The number of hydrogen-bond donors (Lipinski definition) is 1. The van der Waals surface area contributed by atoms with Gasteiger partial charge in [0.05, 0.1) is 12.6 Å². The van der Waals surface area contributed by atoms with Crippen LogP contribution in [-0.2, 0) is 4.74 Å². The molecule has 2 aliphatic rings. The molecule has 2 fully saturated rings. The highest BCUT2D eigenvalue weighted by molar-refractivity contribution is 5.49. The molecule has 2 saturated heterocycles. The summed E-state index contributed by atoms with van der Waals surface area (Å²) in [7, 11) is 4.31. The monoisotopic (exact) mass is 305 g/mol. The molecule has 0 unspecified atom stereocenters. The summed E-state index contributed by atoms with van der Waals surface area (Å²) in [6.07, 6.45) is 6.41.